The molecule has 30 heavy (non-hydrogen) atoms. The van der Waals surface area contributed by atoms with Gasteiger partial charge in [0.05, 0.1) is 10.6 Å². The Morgan fingerprint density at radius 3 is 2.50 bits per heavy atom. The standard InChI is InChI=1S/C22H20FN5OS/c1-22(2,3)18-13-19(28(27-18)21-24-11-6-12-25-21)26-20(29)17-10-9-16(30-17)14-7-4-5-8-15(14)23/h4-13H,1-3H3,(H,26,29). The Labute approximate surface area is 177 Å². The number of carbonyl (C=O) groups is 1. The number of thiophene rings is 1. The fourth-order valence-corrected chi connectivity index (χ4v) is 3.76. The summed E-state index contributed by atoms with van der Waals surface area (Å²) in [5, 5.41) is 7.49. The van der Waals surface area contributed by atoms with Crippen LogP contribution in [-0.4, -0.2) is 25.7 Å². The van der Waals surface area contributed by atoms with Gasteiger partial charge in [-0.25, -0.2) is 14.4 Å². The molecule has 0 aliphatic heterocycles. The maximum Gasteiger partial charge on any atom is 0.266 e. The van der Waals surface area contributed by atoms with Gasteiger partial charge in [0, 0.05) is 34.3 Å². The number of amides is 1. The number of hydrogen-bond donors (Lipinski definition) is 1. The molecule has 6 nitrogen and oxygen atoms in total. The SMILES string of the molecule is CC(C)(C)c1cc(NC(=O)c2ccc(-c3ccccc3F)s2)n(-c2ncccn2)n1. The highest BCUT2D eigenvalue weighted by molar-refractivity contribution is 7.17. The molecule has 0 saturated heterocycles. The molecule has 0 aliphatic rings. The summed E-state index contributed by atoms with van der Waals surface area (Å²) < 4.78 is 15.6. The van der Waals surface area contributed by atoms with Crippen LogP contribution in [0.1, 0.15) is 36.1 Å². The number of halogens is 1. The van der Waals surface area contributed by atoms with E-state index in [0.29, 0.717) is 27.1 Å². The zero-order chi connectivity index (χ0) is 21.3. The molecule has 0 bridgehead atoms. The lowest BCUT2D eigenvalue weighted by Crippen LogP contribution is -2.15. The average Bonchev–Trinajstić information content (AvgIpc) is 3.36. The number of aromatic nitrogens is 4. The van der Waals surface area contributed by atoms with Crippen LogP contribution in [0.25, 0.3) is 16.4 Å². The molecule has 0 unspecified atom stereocenters. The van der Waals surface area contributed by atoms with E-state index in [1.54, 1.807) is 48.8 Å². The smallest absolute Gasteiger partial charge is 0.266 e. The zero-order valence-corrected chi connectivity index (χ0v) is 17.6. The fraction of sp³-hybridized carbons (Fsp3) is 0.182. The molecule has 3 aromatic heterocycles. The number of carbonyl (C=O) groups excluding carboxylic acids is 1. The normalized spacial score (nSPS) is 11.5. The van der Waals surface area contributed by atoms with E-state index in [9.17, 15) is 9.18 Å². The lowest BCUT2D eigenvalue weighted by molar-refractivity contribution is 0.103. The average molecular weight is 422 g/mol. The molecule has 0 fully saturated rings. The Morgan fingerprint density at radius 2 is 1.80 bits per heavy atom. The van der Waals surface area contributed by atoms with Crippen molar-refractivity contribution in [1.29, 1.82) is 0 Å². The number of hydrogen-bond acceptors (Lipinski definition) is 5. The summed E-state index contributed by atoms with van der Waals surface area (Å²) >= 11 is 1.23. The molecular formula is C22H20FN5OS. The first-order valence-electron chi connectivity index (χ1n) is 9.37. The summed E-state index contributed by atoms with van der Waals surface area (Å²) in [5.74, 6) is 0.207. The molecule has 8 heteroatoms. The second-order valence-electron chi connectivity index (χ2n) is 7.72. The van der Waals surface area contributed by atoms with Crippen molar-refractivity contribution in [2.75, 3.05) is 5.32 Å². The van der Waals surface area contributed by atoms with Crippen LogP contribution in [0.15, 0.2) is 60.9 Å². The summed E-state index contributed by atoms with van der Waals surface area (Å²) in [4.78, 5) is 22.5. The second-order valence-corrected chi connectivity index (χ2v) is 8.81. The first kappa shape index (κ1) is 19.9. The van der Waals surface area contributed by atoms with Crippen LogP contribution in [0, 0.1) is 5.82 Å². The summed E-state index contributed by atoms with van der Waals surface area (Å²) in [6.45, 7) is 6.12. The molecule has 0 radical (unpaired) electrons. The quantitative estimate of drug-likeness (QED) is 0.499. The molecule has 1 aromatic carbocycles. The predicted octanol–water partition coefficient (Wildman–Crippen LogP) is 5.08. The molecule has 0 aliphatic carbocycles. The number of benzene rings is 1. The zero-order valence-electron chi connectivity index (χ0n) is 16.8. The molecule has 0 spiro atoms. The van der Waals surface area contributed by atoms with Gasteiger partial charge in [-0.05, 0) is 24.3 Å². The van der Waals surface area contributed by atoms with Crippen LogP contribution in [0.4, 0.5) is 10.2 Å². The molecular weight excluding hydrogens is 401 g/mol. The highest BCUT2D eigenvalue weighted by Gasteiger charge is 2.23. The van der Waals surface area contributed by atoms with E-state index in [4.69, 9.17) is 0 Å². The first-order valence-corrected chi connectivity index (χ1v) is 10.2. The summed E-state index contributed by atoms with van der Waals surface area (Å²) in [6.07, 6.45) is 3.23. The number of rotatable bonds is 4. The number of anilines is 1. The monoisotopic (exact) mass is 421 g/mol. The van der Waals surface area contributed by atoms with Crippen molar-refractivity contribution in [2.45, 2.75) is 26.2 Å². The Bertz CT molecular complexity index is 1190. The van der Waals surface area contributed by atoms with Crippen LogP contribution in [0.3, 0.4) is 0 Å². The minimum Gasteiger partial charge on any atom is -0.306 e. The van der Waals surface area contributed by atoms with E-state index in [1.165, 1.54) is 22.1 Å². The van der Waals surface area contributed by atoms with Gasteiger partial charge in [0.25, 0.3) is 11.9 Å². The van der Waals surface area contributed by atoms with Crippen molar-refractivity contribution in [3.8, 4) is 16.4 Å². The molecule has 0 atom stereocenters. The van der Waals surface area contributed by atoms with Crippen LogP contribution in [0.5, 0.6) is 0 Å². The fourth-order valence-electron chi connectivity index (χ4n) is 2.83. The topological polar surface area (TPSA) is 72.7 Å². The van der Waals surface area contributed by atoms with Crippen LogP contribution in [0.2, 0.25) is 0 Å². The maximum absolute atomic E-state index is 14.1. The Balaban J connectivity index is 1.65. The highest BCUT2D eigenvalue weighted by atomic mass is 32.1. The van der Waals surface area contributed by atoms with Crippen molar-refractivity contribution < 1.29 is 9.18 Å². The highest BCUT2D eigenvalue weighted by Crippen LogP contribution is 2.31. The van der Waals surface area contributed by atoms with Gasteiger partial charge in [-0.15, -0.1) is 11.3 Å². The Morgan fingerprint density at radius 1 is 1.07 bits per heavy atom. The Kier molecular flexibility index (Phi) is 5.17. The van der Waals surface area contributed by atoms with Gasteiger partial charge < -0.3 is 5.32 Å². The van der Waals surface area contributed by atoms with E-state index < -0.39 is 0 Å². The summed E-state index contributed by atoms with van der Waals surface area (Å²) in [5.41, 5.74) is 1.04. The van der Waals surface area contributed by atoms with Gasteiger partial charge in [0.15, 0.2) is 0 Å². The molecule has 3 heterocycles. The molecule has 0 saturated carbocycles. The first-order chi connectivity index (χ1) is 14.3. The van der Waals surface area contributed by atoms with Gasteiger partial charge in [-0.1, -0.05) is 39.0 Å². The van der Waals surface area contributed by atoms with E-state index in [2.05, 4.69) is 20.4 Å². The van der Waals surface area contributed by atoms with Crippen molar-refractivity contribution >= 4 is 23.1 Å². The van der Waals surface area contributed by atoms with Crippen molar-refractivity contribution in [2.24, 2.45) is 0 Å². The van der Waals surface area contributed by atoms with Crippen molar-refractivity contribution in [1.82, 2.24) is 19.7 Å². The minimum atomic E-state index is -0.319. The molecule has 4 aromatic rings. The number of nitrogens with one attached hydrogen (secondary N) is 1. The van der Waals surface area contributed by atoms with Gasteiger partial charge in [0.2, 0.25) is 0 Å². The van der Waals surface area contributed by atoms with E-state index in [1.807, 2.05) is 26.8 Å². The van der Waals surface area contributed by atoms with E-state index in [-0.39, 0.29) is 17.1 Å². The maximum atomic E-state index is 14.1. The van der Waals surface area contributed by atoms with Gasteiger partial charge in [0.1, 0.15) is 11.6 Å². The third-order valence-corrected chi connectivity index (χ3v) is 5.55. The lowest BCUT2D eigenvalue weighted by atomic mass is 9.92. The number of nitrogens with zero attached hydrogens (tertiary/aromatic N) is 4. The second kappa shape index (κ2) is 7.79. The van der Waals surface area contributed by atoms with Crippen molar-refractivity contribution in [3.63, 3.8) is 0 Å². The lowest BCUT2D eigenvalue weighted by Gasteiger charge is -2.13. The predicted molar refractivity (Wildman–Crippen MR) is 116 cm³/mol. The largest absolute Gasteiger partial charge is 0.306 e. The summed E-state index contributed by atoms with van der Waals surface area (Å²) in [7, 11) is 0. The minimum absolute atomic E-state index is 0.222. The Hall–Kier alpha value is -3.39. The molecule has 152 valence electrons. The van der Waals surface area contributed by atoms with Crippen LogP contribution in [-0.2, 0) is 5.41 Å². The third kappa shape index (κ3) is 3.99. The van der Waals surface area contributed by atoms with Crippen molar-refractivity contribution in [3.05, 3.63) is 77.3 Å². The van der Waals surface area contributed by atoms with Gasteiger partial charge in [-0.2, -0.15) is 9.78 Å². The van der Waals surface area contributed by atoms with Gasteiger partial charge in [-0.3, -0.25) is 4.79 Å². The molecule has 1 amide bonds. The third-order valence-electron chi connectivity index (χ3n) is 4.43. The van der Waals surface area contributed by atoms with Crippen LogP contribution >= 0.6 is 11.3 Å². The summed E-state index contributed by atoms with van der Waals surface area (Å²) in [6, 6.07) is 13.5. The molecule has 1 N–H and O–H groups in total. The van der Waals surface area contributed by atoms with Crippen LogP contribution < -0.4 is 5.32 Å². The molecule has 4 rings (SSSR count). The van der Waals surface area contributed by atoms with Gasteiger partial charge >= 0.3 is 0 Å². The van der Waals surface area contributed by atoms with E-state index >= 15 is 0 Å². The van der Waals surface area contributed by atoms with E-state index in [0.717, 1.165) is 5.69 Å².